The molecule has 0 unspecified atom stereocenters. The molecule has 0 radical (unpaired) electrons. The topological polar surface area (TPSA) is 52.7 Å². The highest BCUT2D eigenvalue weighted by atomic mass is 32.1. The highest BCUT2D eigenvalue weighted by molar-refractivity contribution is 7.18. The summed E-state index contributed by atoms with van der Waals surface area (Å²) in [6.07, 6.45) is 0.354. The normalized spacial score (nSPS) is 12.2. The zero-order valence-electron chi connectivity index (χ0n) is 12.2. The molecule has 0 aliphatic rings. The van der Waals surface area contributed by atoms with Gasteiger partial charge in [-0.15, -0.1) is 11.3 Å². The smallest absolute Gasteiger partial charge is 0.324 e. The first-order valence-corrected chi connectivity index (χ1v) is 7.73. The number of alkyl halides is 3. The zero-order chi connectivity index (χ0) is 16.6. The van der Waals surface area contributed by atoms with Crippen molar-refractivity contribution in [2.45, 2.75) is 32.6 Å². The molecule has 0 spiro atoms. The fourth-order valence-corrected chi connectivity index (χ4v) is 3.20. The summed E-state index contributed by atoms with van der Waals surface area (Å²) in [6.45, 7) is 0.796. The molecule has 0 amide bonds. The van der Waals surface area contributed by atoms with Crippen LogP contribution in [0.25, 0.3) is 10.2 Å². The number of rotatable bonds is 4. The van der Waals surface area contributed by atoms with E-state index >= 15 is 0 Å². The Balaban J connectivity index is 1.95. The van der Waals surface area contributed by atoms with Crippen LogP contribution in [0, 0.1) is 0 Å². The molecule has 0 aromatic carbocycles. The van der Waals surface area contributed by atoms with Gasteiger partial charge in [0.15, 0.2) is 0 Å². The summed E-state index contributed by atoms with van der Waals surface area (Å²) in [7, 11) is 0. The van der Waals surface area contributed by atoms with Gasteiger partial charge in [-0.25, -0.2) is 9.97 Å². The van der Waals surface area contributed by atoms with Gasteiger partial charge in [-0.05, 0) is 12.5 Å². The standard InChI is InChI=1S/C14H13F3N4OS/c1-2-9-5-10-12(23-9)19-8-21(13(10)22)6-11-18-3-4-20(11)7-14(15,16)17/h3-5,8H,2,6-7H2,1H3. The van der Waals surface area contributed by atoms with E-state index in [1.165, 1.54) is 34.6 Å². The highest BCUT2D eigenvalue weighted by Gasteiger charge is 2.28. The maximum atomic E-state index is 12.5. The van der Waals surface area contributed by atoms with Crippen molar-refractivity contribution < 1.29 is 13.2 Å². The summed E-state index contributed by atoms with van der Waals surface area (Å²) in [6, 6.07) is 1.79. The monoisotopic (exact) mass is 342 g/mol. The first kappa shape index (κ1) is 15.7. The molecule has 3 aromatic rings. The number of thiophene rings is 1. The van der Waals surface area contributed by atoms with Crippen molar-refractivity contribution in [1.29, 1.82) is 0 Å². The van der Waals surface area contributed by atoms with Gasteiger partial charge in [0.2, 0.25) is 0 Å². The molecular formula is C14H13F3N4OS. The molecule has 0 N–H and O–H groups in total. The number of nitrogens with zero attached hydrogens (tertiary/aromatic N) is 4. The molecule has 0 aliphatic carbocycles. The third-order valence-corrected chi connectivity index (χ3v) is 4.57. The summed E-state index contributed by atoms with van der Waals surface area (Å²) in [5, 5.41) is 0.489. The van der Waals surface area contributed by atoms with E-state index in [2.05, 4.69) is 9.97 Å². The Kier molecular flexibility index (Phi) is 3.97. The van der Waals surface area contributed by atoms with Crippen LogP contribution in [0.2, 0.25) is 0 Å². The van der Waals surface area contributed by atoms with Crippen molar-refractivity contribution >= 4 is 21.6 Å². The van der Waals surface area contributed by atoms with Gasteiger partial charge in [0.1, 0.15) is 17.2 Å². The largest absolute Gasteiger partial charge is 0.406 e. The molecule has 122 valence electrons. The predicted octanol–water partition coefficient (Wildman–Crippen LogP) is 2.83. The van der Waals surface area contributed by atoms with Crippen LogP contribution in [0.5, 0.6) is 0 Å². The molecule has 5 nitrogen and oxygen atoms in total. The van der Waals surface area contributed by atoms with Crippen LogP contribution < -0.4 is 5.56 Å². The van der Waals surface area contributed by atoms with Gasteiger partial charge in [-0.1, -0.05) is 6.92 Å². The SMILES string of the molecule is CCc1cc2c(=O)n(Cc3nccn3CC(F)(F)F)cnc2s1. The fourth-order valence-electron chi connectivity index (χ4n) is 2.28. The van der Waals surface area contributed by atoms with E-state index < -0.39 is 12.7 Å². The Bertz CT molecular complexity index is 893. The van der Waals surface area contributed by atoms with E-state index in [4.69, 9.17) is 0 Å². The van der Waals surface area contributed by atoms with Crippen molar-refractivity contribution in [3.05, 3.63) is 45.8 Å². The second kappa shape index (κ2) is 5.80. The first-order valence-electron chi connectivity index (χ1n) is 6.92. The summed E-state index contributed by atoms with van der Waals surface area (Å²) >= 11 is 1.45. The molecule has 3 heterocycles. The van der Waals surface area contributed by atoms with Crippen molar-refractivity contribution in [2.75, 3.05) is 0 Å². The average molecular weight is 342 g/mol. The summed E-state index contributed by atoms with van der Waals surface area (Å²) < 4.78 is 39.9. The van der Waals surface area contributed by atoms with E-state index in [-0.39, 0.29) is 17.9 Å². The lowest BCUT2D eigenvalue weighted by Crippen LogP contribution is -2.24. The Morgan fingerprint density at radius 3 is 2.74 bits per heavy atom. The van der Waals surface area contributed by atoms with Crippen LogP contribution in [-0.2, 0) is 19.5 Å². The Labute approximate surface area is 133 Å². The predicted molar refractivity (Wildman–Crippen MR) is 80.6 cm³/mol. The van der Waals surface area contributed by atoms with Crippen molar-refractivity contribution in [3.63, 3.8) is 0 Å². The fraction of sp³-hybridized carbons (Fsp3) is 0.357. The highest BCUT2D eigenvalue weighted by Crippen LogP contribution is 2.21. The minimum atomic E-state index is -4.34. The van der Waals surface area contributed by atoms with Gasteiger partial charge in [-0.2, -0.15) is 13.2 Å². The molecule has 23 heavy (non-hydrogen) atoms. The van der Waals surface area contributed by atoms with Gasteiger partial charge in [0.25, 0.3) is 5.56 Å². The number of aromatic nitrogens is 4. The number of hydrogen-bond donors (Lipinski definition) is 0. The number of halogens is 3. The molecule has 0 atom stereocenters. The van der Waals surface area contributed by atoms with E-state index in [0.29, 0.717) is 10.2 Å². The minimum absolute atomic E-state index is 0.0534. The van der Waals surface area contributed by atoms with Gasteiger partial charge in [0, 0.05) is 17.3 Å². The summed E-state index contributed by atoms with van der Waals surface area (Å²) in [5.74, 6) is 0.163. The first-order chi connectivity index (χ1) is 10.9. The lowest BCUT2D eigenvalue weighted by atomic mass is 10.3. The second-order valence-corrected chi connectivity index (χ2v) is 6.16. The number of imidazole rings is 1. The van der Waals surface area contributed by atoms with Gasteiger partial charge in [-0.3, -0.25) is 9.36 Å². The molecular weight excluding hydrogens is 329 g/mol. The molecule has 0 saturated heterocycles. The molecule has 0 fully saturated rings. The summed E-state index contributed by atoms with van der Waals surface area (Å²) in [4.78, 5) is 22.3. The molecule has 3 rings (SSSR count). The van der Waals surface area contributed by atoms with Crippen LogP contribution in [0.3, 0.4) is 0 Å². The van der Waals surface area contributed by atoms with E-state index in [0.717, 1.165) is 15.9 Å². The Morgan fingerprint density at radius 2 is 2.04 bits per heavy atom. The van der Waals surface area contributed by atoms with Crippen molar-refractivity contribution in [2.24, 2.45) is 0 Å². The van der Waals surface area contributed by atoms with Crippen molar-refractivity contribution in [1.82, 2.24) is 19.1 Å². The number of fused-ring (bicyclic) bond motifs is 1. The Hall–Kier alpha value is -2.16. The lowest BCUT2D eigenvalue weighted by Gasteiger charge is -2.11. The van der Waals surface area contributed by atoms with Crippen LogP contribution in [0.15, 0.2) is 29.6 Å². The minimum Gasteiger partial charge on any atom is -0.324 e. The Morgan fingerprint density at radius 1 is 1.26 bits per heavy atom. The van der Waals surface area contributed by atoms with Crippen LogP contribution in [-0.4, -0.2) is 25.3 Å². The van der Waals surface area contributed by atoms with Crippen LogP contribution >= 0.6 is 11.3 Å². The van der Waals surface area contributed by atoms with Gasteiger partial charge in [0.05, 0.1) is 18.3 Å². The van der Waals surface area contributed by atoms with Gasteiger partial charge < -0.3 is 4.57 Å². The third kappa shape index (κ3) is 3.29. The van der Waals surface area contributed by atoms with Crippen LogP contribution in [0.4, 0.5) is 13.2 Å². The zero-order valence-corrected chi connectivity index (χ0v) is 13.0. The second-order valence-electron chi connectivity index (χ2n) is 5.05. The lowest BCUT2D eigenvalue weighted by molar-refractivity contribution is -0.141. The van der Waals surface area contributed by atoms with Crippen molar-refractivity contribution in [3.8, 4) is 0 Å². The van der Waals surface area contributed by atoms with E-state index in [1.54, 1.807) is 6.07 Å². The molecule has 0 aliphatic heterocycles. The number of hydrogen-bond acceptors (Lipinski definition) is 4. The molecule has 0 saturated carbocycles. The van der Waals surface area contributed by atoms with Gasteiger partial charge >= 0.3 is 6.18 Å². The molecule has 3 aromatic heterocycles. The molecule has 0 bridgehead atoms. The average Bonchev–Trinajstić information content (AvgIpc) is 3.07. The van der Waals surface area contributed by atoms with E-state index in [9.17, 15) is 18.0 Å². The van der Waals surface area contributed by atoms with E-state index in [1.807, 2.05) is 6.92 Å². The molecule has 9 heteroatoms. The third-order valence-electron chi connectivity index (χ3n) is 3.38. The quantitative estimate of drug-likeness (QED) is 0.733. The maximum Gasteiger partial charge on any atom is 0.406 e. The maximum absolute atomic E-state index is 12.5. The van der Waals surface area contributed by atoms with Crippen LogP contribution in [0.1, 0.15) is 17.6 Å². The number of aryl methyl sites for hydroxylation is 1. The summed E-state index contributed by atoms with van der Waals surface area (Å²) in [5.41, 5.74) is -0.271.